The molecule has 1 aliphatic carbocycles. The van der Waals surface area contributed by atoms with E-state index in [1.807, 2.05) is 18.0 Å². The molecule has 1 saturated carbocycles. The zero-order chi connectivity index (χ0) is 10.5. The maximum Gasteiger partial charge on any atom is 0.110 e. The summed E-state index contributed by atoms with van der Waals surface area (Å²) in [5, 5.41) is 4.50. The van der Waals surface area contributed by atoms with Crippen LogP contribution in [0.3, 0.4) is 0 Å². The summed E-state index contributed by atoms with van der Waals surface area (Å²) in [5.41, 5.74) is 0. The Morgan fingerprint density at radius 3 is 3.07 bits per heavy atom. The summed E-state index contributed by atoms with van der Waals surface area (Å²) < 4.78 is 5.56. The first-order valence-corrected chi connectivity index (χ1v) is 7.25. The normalized spacial score (nSPS) is 35.4. The Kier molecular flexibility index (Phi) is 4.39. The lowest BCUT2D eigenvalue weighted by Gasteiger charge is -2.24. The maximum atomic E-state index is 5.56. The molecule has 1 fully saturated rings. The number of allylic oxidation sites excluding steroid dienone is 1. The van der Waals surface area contributed by atoms with Crippen LogP contribution in [0.15, 0.2) is 12.3 Å². The molecule has 1 heterocycles. The van der Waals surface area contributed by atoms with Crippen LogP contribution in [0.5, 0.6) is 0 Å². The molecule has 1 aliphatic heterocycles. The molecule has 2 rings (SSSR count). The third kappa shape index (κ3) is 3.15. The zero-order valence-corrected chi connectivity index (χ0v) is 10.3. The third-order valence-corrected chi connectivity index (χ3v) is 4.56. The van der Waals surface area contributed by atoms with Crippen LogP contribution in [0.4, 0.5) is 0 Å². The number of hydrogen-bond acceptors (Lipinski definition) is 3. The highest BCUT2D eigenvalue weighted by Crippen LogP contribution is 2.28. The second-order valence-corrected chi connectivity index (χ2v) is 5.50. The summed E-state index contributed by atoms with van der Waals surface area (Å²) in [5.74, 6) is 0. The lowest BCUT2D eigenvalue weighted by Crippen LogP contribution is -2.39. The van der Waals surface area contributed by atoms with E-state index in [9.17, 15) is 0 Å². The predicted molar refractivity (Wildman–Crippen MR) is 66.2 cm³/mol. The van der Waals surface area contributed by atoms with Crippen LogP contribution < -0.4 is 5.32 Å². The number of rotatable bonds is 4. The first-order valence-electron chi connectivity index (χ1n) is 5.97. The molecule has 3 unspecified atom stereocenters. The van der Waals surface area contributed by atoms with Gasteiger partial charge in [0.1, 0.15) is 6.10 Å². The molecule has 86 valence electrons. The van der Waals surface area contributed by atoms with E-state index in [2.05, 4.69) is 17.6 Å². The molecule has 15 heavy (non-hydrogen) atoms. The van der Waals surface area contributed by atoms with Gasteiger partial charge in [0.25, 0.3) is 0 Å². The minimum Gasteiger partial charge on any atom is -0.497 e. The second-order valence-electron chi connectivity index (χ2n) is 4.43. The van der Waals surface area contributed by atoms with Crippen LogP contribution in [0.25, 0.3) is 0 Å². The fraction of sp³-hybridized carbons (Fsp3) is 0.833. The summed E-state index contributed by atoms with van der Waals surface area (Å²) in [6.07, 6.45) is 13.0. The van der Waals surface area contributed by atoms with Gasteiger partial charge in [0.2, 0.25) is 0 Å². The lowest BCUT2D eigenvalue weighted by molar-refractivity contribution is 0.119. The van der Waals surface area contributed by atoms with Crippen molar-refractivity contribution in [3.8, 4) is 0 Å². The SMILES string of the molecule is CSC1CCCC1NCC1CCC=CO1. The van der Waals surface area contributed by atoms with E-state index >= 15 is 0 Å². The molecule has 3 atom stereocenters. The highest BCUT2D eigenvalue weighted by molar-refractivity contribution is 7.99. The smallest absolute Gasteiger partial charge is 0.110 e. The molecule has 0 aromatic carbocycles. The summed E-state index contributed by atoms with van der Waals surface area (Å²) in [7, 11) is 0. The molecule has 1 N–H and O–H groups in total. The van der Waals surface area contributed by atoms with Gasteiger partial charge in [-0.05, 0) is 38.0 Å². The predicted octanol–water partition coefficient (Wildman–Crippen LogP) is 2.55. The fourth-order valence-corrected chi connectivity index (χ4v) is 3.42. The topological polar surface area (TPSA) is 21.3 Å². The monoisotopic (exact) mass is 227 g/mol. The highest BCUT2D eigenvalue weighted by Gasteiger charge is 2.26. The lowest BCUT2D eigenvalue weighted by atomic mass is 10.1. The first kappa shape index (κ1) is 11.3. The molecular weight excluding hydrogens is 206 g/mol. The van der Waals surface area contributed by atoms with Crippen LogP contribution in [0, 0.1) is 0 Å². The van der Waals surface area contributed by atoms with Crippen LogP contribution in [0.2, 0.25) is 0 Å². The van der Waals surface area contributed by atoms with E-state index in [4.69, 9.17) is 4.74 Å². The van der Waals surface area contributed by atoms with Crippen molar-refractivity contribution in [1.29, 1.82) is 0 Å². The largest absolute Gasteiger partial charge is 0.497 e. The van der Waals surface area contributed by atoms with E-state index in [-0.39, 0.29) is 0 Å². The molecule has 0 amide bonds. The average Bonchev–Trinajstić information content (AvgIpc) is 2.75. The fourth-order valence-electron chi connectivity index (χ4n) is 2.46. The van der Waals surface area contributed by atoms with Crippen molar-refractivity contribution < 1.29 is 4.74 Å². The van der Waals surface area contributed by atoms with Crippen LogP contribution in [-0.2, 0) is 4.74 Å². The van der Waals surface area contributed by atoms with Crippen molar-refractivity contribution >= 4 is 11.8 Å². The molecule has 3 heteroatoms. The number of thioether (sulfide) groups is 1. The van der Waals surface area contributed by atoms with Gasteiger partial charge in [0, 0.05) is 17.8 Å². The van der Waals surface area contributed by atoms with Crippen molar-refractivity contribution in [3.05, 3.63) is 12.3 Å². The van der Waals surface area contributed by atoms with E-state index in [1.165, 1.54) is 32.1 Å². The standard InChI is InChI=1S/C12H21NOS/c1-15-12-7-4-6-11(12)13-9-10-5-2-3-8-14-10/h3,8,10-13H,2,4-7,9H2,1H3. The van der Waals surface area contributed by atoms with Gasteiger partial charge < -0.3 is 10.1 Å². The Bertz CT molecular complexity index is 220. The Labute approximate surface area is 96.8 Å². The molecule has 0 bridgehead atoms. The number of hydrogen-bond donors (Lipinski definition) is 1. The molecule has 2 nitrogen and oxygen atoms in total. The Balaban J connectivity index is 1.70. The third-order valence-electron chi connectivity index (χ3n) is 3.39. The van der Waals surface area contributed by atoms with Crippen molar-refractivity contribution in [2.24, 2.45) is 0 Å². The molecule has 0 radical (unpaired) electrons. The first-order chi connectivity index (χ1) is 7.40. The summed E-state index contributed by atoms with van der Waals surface area (Å²) in [6.45, 7) is 1.02. The second kappa shape index (κ2) is 5.80. The molecule has 0 aromatic heterocycles. The molecule has 0 saturated heterocycles. The van der Waals surface area contributed by atoms with Gasteiger partial charge >= 0.3 is 0 Å². The molecule has 0 spiro atoms. The van der Waals surface area contributed by atoms with Crippen molar-refractivity contribution in [2.45, 2.75) is 49.5 Å². The maximum absolute atomic E-state index is 5.56. The van der Waals surface area contributed by atoms with E-state index < -0.39 is 0 Å². The van der Waals surface area contributed by atoms with Crippen molar-refractivity contribution in [2.75, 3.05) is 12.8 Å². The minimum atomic E-state index is 0.401. The Hall–Kier alpha value is -0.150. The quantitative estimate of drug-likeness (QED) is 0.797. The van der Waals surface area contributed by atoms with E-state index in [0.29, 0.717) is 6.10 Å². The Morgan fingerprint density at radius 1 is 1.40 bits per heavy atom. The molecule has 0 aromatic rings. The summed E-state index contributed by atoms with van der Waals surface area (Å²) in [4.78, 5) is 0. The van der Waals surface area contributed by atoms with Crippen LogP contribution >= 0.6 is 11.8 Å². The van der Waals surface area contributed by atoms with Gasteiger partial charge in [0.15, 0.2) is 0 Å². The van der Waals surface area contributed by atoms with Crippen LogP contribution in [0.1, 0.15) is 32.1 Å². The van der Waals surface area contributed by atoms with Gasteiger partial charge in [-0.1, -0.05) is 6.42 Å². The van der Waals surface area contributed by atoms with Gasteiger partial charge in [-0.2, -0.15) is 11.8 Å². The van der Waals surface area contributed by atoms with Gasteiger partial charge in [0.05, 0.1) is 6.26 Å². The molecular formula is C12H21NOS. The van der Waals surface area contributed by atoms with Gasteiger partial charge in [-0.3, -0.25) is 0 Å². The summed E-state index contributed by atoms with van der Waals surface area (Å²) in [6, 6.07) is 0.717. The van der Waals surface area contributed by atoms with E-state index in [1.54, 1.807) is 0 Å². The molecule has 2 aliphatic rings. The van der Waals surface area contributed by atoms with E-state index in [0.717, 1.165) is 17.8 Å². The number of nitrogens with one attached hydrogen (secondary N) is 1. The zero-order valence-electron chi connectivity index (χ0n) is 9.45. The van der Waals surface area contributed by atoms with Gasteiger partial charge in [-0.25, -0.2) is 0 Å². The van der Waals surface area contributed by atoms with Crippen LogP contribution in [-0.4, -0.2) is 30.2 Å². The summed E-state index contributed by atoms with van der Waals surface area (Å²) >= 11 is 2.01. The van der Waals surface area contributed by atoms with Gasteiger partial charge in [-0.15, -0.1) is 0 Å². The highest BCUT2D eigenvalue weighted by atomic mass is 32.2. The van der Waals surface area contributed by atoms with Crippen molar-refractivity contribution in [1.82, 2.24) is 5.32 Å². The Morgan fingerprint density at radius 2 is 2.33 bits per heavy atom. The number of ether oxygens (including phenoxy) is 1. The average molecular weight is 227 g/mol. The van der Waals surface area contributed by atoms with Crippen molar-refractivity contribution in [3.63, 3.8) is 0 Å². The minimum absolute atomic E-state index is 0.401.